The number of allylic oxidation sites excluding steroid dienone is 1. The van der Waals surface area contributed by atoms with E-state index in [1.54, 1.807) is 21.0 Å². The summed E-state index contributed by atoms with van der Waals surface area (Å²) in [4.78, 5) is 11.7. The standard InChI is InChI=1S/C15H21NO3/c1-11(9-14(17)16-10-15(2,3)18)12-5-7-13(19-4)8-6-12/h5-9,18H,10H2,1-4H3,(H,16,17)/b11-9+. The molecule has 0 saturated heterocycles. The Balaban J connectivity index is 2.67. The van der Waals surface area contributed by atoms with Gasteiger partial charge in [-0.25, -0.2) is 0 Å². The SMILES string of the molecule is COc1ccc(/C(C)=C/C(=O)NCC(C)(C)O)cc1. The third-order valence-corrected chi connectivity index (χ3v) is 2.59. The highest BCUT2D eigenvalue weighted by atomic mass is 16.5. The minimum atomic E-state index is -0.905. The van der Waals surface area contributed by atoms with Crippen LogP contribution in [0.25, 0.3) is 5.57 Å². The van der Waals surface area contributed by atoms with Crippen LogP contribution in [0.1, 0.15) is 26.3 Å². The Kier molecular flexibility index (Phi) is 5.12. The Labute approximate surface area is 114 Å². The number of methoxy groups -OCH3 is 1. The molecule has 1 amide bonds. The zero-order chi connectivity index (χ0) is 14.5. The molecule has 4 heteroatoms. The summed E-state index contributed by atoms with van der Waals surface area (Å²) in [6, 6.07) is 7.49. The van der Waals surface area contributed by atoms with Gasteiger partial charge in [-0.05, 0) is 44.0 Å². The lowest BCUT2D eigenvalue weighted by Gasteiger charge is -2.16. The van der Waals surface area contributed by atoms with Crippen molar-refractivity contribution in [2.75, 3.05) is 13.7 Å². The zero-order valence-corrected chi connectivity index (χ0v) is 11.9. The Morgan fingerprint density at radius 3 is 2.42 bits per heavy atom. The van der Waals surface area contributed by atoms with Gasteiger partial charge < -0.3 is 15.2 Å². The summed E-state index contributed by atoms with van der Waals surface area (Å²) < 4.78 is 5.08. The van der Waals surface area contributed by atoms with Crippen molar-refractivity contribution in [2.24, 2.45) is 0 Å². The summed E-state index contributed by atoms with van der Waals surface area (Å²) in [6.45, 7) is 5.38. The van der Waals surface area contributed by atoms with Gasteiger partial charge in [-0.2, -0.15) is 0 Å². The number of hydrogen-bond donors (Lipinski definition) is 2. The maximum atomic E-state index is 11.7. The maximum absolute atomic E-state index is 11.7. The van der Waals surface area contributed by atoms with Crippen LogP contribution in [0.4, 0.5) is 0 Å². The monoisotopic (exact) mass is 263 g/mol. The molecule has 0 unspecified atom stereocenters. The molecule has 0 atom stereocenters. The highest BCUT2D eigenvalue weighted by molar-refractivity contribution is 5.94. The van der Waals surface area contributed by atoms with Gasteiger partial charge in [0.05, 0.1) is 12.7 Å². The normalized spacial score (nSPS) is 12.2. The number of aliphatic hydroxyl groups is 1. The van der Waals surface area contributed by atoms with Crippen molar-refractivity contribution in [1.82, 2.24) is 5.32 Å². The third kappa shape index (κ3) is 5.57. The Hall–Kier alpha value is -1.81. The summed E-state index contributed by atoms with van der Waals surface area (Å²) in [5, 5.41) is 12.2. The second-order valence-electron chi connectivity index (χ2n) is 5.09. The number of ether oxygens (including phenoxy) is 1. The maximum Gasteiger partial charge on any atom is 0.244 e. The molecule has 0 aliphatic carbocycles. The van der Waals surface area contributed by atoms with Crippen LogP contribution in [0.3, 0.4) is 0 Å². The van der Waals surface area contributed by atoms with E-state index in [0.29, 0.717) is 0 Å². The predicted octanol–water partition coefficient (Wildman–Crippen LogP) is 1.99. The van der Waals surface area contributed by atoms with Gasteiger partial charge in [0.1, 0.15) is 5.75 Å². The van der Waals surface area contributed by atoms with Crippen LogP contribution < -0.4 is 10.1 Å². The number of rotatable bonds is 5. The first-order valence-electron chi connectivity index (χ1n) is 6.15. The molecule has 0 spiro atoms. The van der Waals surface area contributed by atoms with Crippen molar-refractivity contribution < 1.29 is 14.6 Å². The van der Waals surface area contributed by atoms with Crippen LogP contribution in [0, 0.1) is 0 Å². The molecular formula is C15H21NO3. The summed E-state index contributed by atoms with van der Waals surface area (Å²) in [7, 11) is 1.61. The average Bonchev–Trinajstić information content (AvgIpc) is 2.35. The van der Waals surface area contributed by atoms with Gasteiger partial charge >= 0.3 is 0 Å². The van der Waals surface area contributed by atoms with Crippen LogP contribution in [0.2, 0.25) is 0 Å². The molecule has 0 aliphatic rings. The first-order valence-corrected chi connectivity index (χ1v) is 6.15. The lowest BCUT2D eigenvalue weighted by Crippen LogP contribution is -2.37. The second kappa shape index (κ2) is 6.38. The molecule has 1 rings (SSSR count). The molecular weight excluding hydrogens is 242 g/mol. The van der Waals surface area contributed by atoms with E-state index in [-0.39, 0.29) is 12.5 Å². The van der Waals surface area contributed by atoms with E-state index in [4.69, 9.17) is 4.74 Å². The molecule has 1 aromatic carbocycles. The summed E-state index contributed by atoms with van der Waals surface area (Å²) in [5.74, 6) is 0.568. The van der Waals surface area contributed by atoms with Gasteiger partial charge in [0, 0.05) is 12.6 Å². The molecule has 0 bridgehead atoms. The first kappa shape index (κ1) is 15.2. The molecule has 0 heterocycles. The fourth-order valence-corrected chi connectivity index (χ4v) is 1.49. The number of carbonyl (C=O) groups is 1. The average molecular weight is 263 g/mol. The molecule has 2 N–H and O–H groups in total. The van der Waals surface area contributed by atoms with Crippen LogP contribution in [0.15, 0.2) is 30.3 Å². The lowest BCUT2D eigenvalue weighted by atomic mass is 10.1. The zero-order valence-electron chi connectivity index (χ0n) is 11.9. The van der Waals surface area contributed by atoms with E-state index in [0.717, 1.165) is 16.9 Å². The minimum Gasteiger partial charge on any atom is -0.497 e. The van der Waals surface area contributed by atoms with E-state index < -0.39 is 5.60 Å². The Bertz CT molecular complexity index is 455. The van der Waals surface area contributed by atoms with Gasteiger partial charge in [0.25, 0.3) is 0 Å². The van der Waals surface area contributed by atoms with E-state index in [1.807, 2.05) is 31.2 Å². The fourth-order valence-electron chi connectivity index (χ4n) is 1.49. The van der Waals surface area contributed by atoms with Crippen molar-refractivity contribution in [2.45, 2.75) is 26.4 Å². The van der Waals surface area contributed by atoms with E-state index in [9.17, 15) is 9.90 Å². The third-order valence-electron chi connectivity index (χ3n) is 2.59. The molecule has 19 heavy (non-hydrogen) atoms. The number of amides is 1. The van der Waals surface area contributed by atoms with E-state index in [2.05, 4.69) is 5.32 Å². The Morgan fingerprint density at radius 1 is 1.37 bits per heavy atom. The number of hydrogen-bond acceptors (Lipinski definition) is 3. The highest BCUT2D eigenvalue weighted by Crippen LogP contribution is 2.17. The number of benzene rings is 1. The predicted molar refractivity (Wildman–Crippen MR) is 76.0 cm³/mol. The molecule has 0 saturated carbocycles. The second-order valence-corrected chi connectivity index (χ2v) is 5.09. The smallest absolute Gasteiger partial charge is 0.244 e. The van der Waals surface area contributed by atoms with Crippen molar-refractivity contribution in [3.63, 3.8) is 0 Å². The number of carbonyl (C=O) groups excluding carboxylic acids is 1. The van der Waals surface area contributed by atoms with Crippen molar-refractivity contribution in [3.8, 4) is 5.75 Å². The summed E-state index contributed by atoms with van der Waals surface area (Å²) in [6.07, 6.45) is 1.52. The van der Waals surface area contributed by atoms with Crippen LogP contribution in [0.5, 0.6) is 5.75 Å². The molecule has 1 aromatic rings. The van der Waals surface area contributed by atoms with Gasteiger partial charge in [-0.3, -0.25) is 4.79 Å². The van der Waals surface area contributed by atoms with Gasteiger partial charge in [-0.15, -0.1) is 0 Å². The van der Waals surface area contributed by atoms with Crippen molar-refractivity contribution in [3.05, 3.63) is 35.9 Å². The van der Waals surface area contributed by atoms with Gasteiger partial charge in [0.2, 0.25) is 5.91 Å². The van der Waals surface area contributed by atoms with E-state index in [1.165, 1.54) is 6.08 Å². The molecule has 0 fully saturated rings. The molecule has 104 valence electrons. The van der Waals surface area contributed by atoms with Crippen LogP contribution in [-0.2, 0) is 4.79 Å². The van der Waals surface area contributed by atoms with E-state index >= 15 is 0 Å². The molecule has 0 aliphatic heterocycles. The highest BCUT2D eigenvalue weighted by Gasteiger charge is 2.12. The van der Waals surface area contributed by atoms with Crippen LogP contribution in [-0.4, -0.2) is 30.3 Å². The van der Waals surface area contributed by atoms with Crippen molar-refractivity contribution in [1.29, 1.82) is 0 Å². The molecule has 0 radical (unpaired) electrons. The largest absolute Gasteiger partial charge is 0.497 e. The van der Waals surface area contributed by atoms with Gasteiger partial charge in [-0.1, -0.05) is 12.1 Å². The van der Waals surface area contributed by atoms with Crippen molar-refractivity contribution >= 4 is 11.5 Å². The van der Waals surface area contributed by atoms with Crippen LogP contribution >= 0.6 is 0 Å². The molecule has 4 nitrogen and oxygen atoms in total. The summed E-state index contributed by atoms with van der Waals surface area (Å²) >= 11 is 0. The summed E-state index contributed by atoms with van der Waals surface area (Å²) in [5.41, 5.74) is 0.910. The minimum absolute atomic E-state index is 0.213. The molecule has 0 aromatic heterocycles. The topological polar surface area (TPSA) is 58.6 Å². The van der Waals surface area contributed by atoms with Gasteiger partial charge in [0.15, 0.2) is 0 Å². The number of nitrogens with one attached hydrogen (secondary N) is 1. The Morgan fingerprint density at radius 2 is 1.95 bits per heavy atom. The first-order chi connectivity index (χ1) is 8.81. The lowest BCUT2D eigenvalue weighted by molar-refractivity contribution is -0.117. The quantitative estimate of drug-likeness (QED) is 0.799. The fraction of sp³-hybridized carbons (Fsp3) is 0.400.